The average Bonchev–Trinajstić information content (AvgIpc) is 2.53. The summed E-state index contributed by atoms with van der Waals surface area (Å²) in [5, 5.41) is 9.14. The van der Waals surface area contributed by atoms with Crippen LogP contribution >= 0.6 is 0 Å². The Morgan fingerprint density at radius 2 is 1.64 bits per heavy atom. The lowest BCUT2D eigenvalue weighted by Crippen LogP contribution is -2.44. The molecule has 0 aliphatic carbocycles. The third kappa shape index (κ3) is 5.00. The third-order valence-corrected chi connectivity index (χ3v) is 7.16. The first-order valence-electron chi connectivity index (χ1n) is 7.82. The minimum atomic E-state index is -4.19. The molecule has 2 N–H and O–H groups in total. The van der Waals surface area contributed by atoms with Crippen LogP contribution in [0.5, 0.6) is 0 Å². The van der Waals surface area contributed by atoms with Gasteiger partial charge in [0.15, 0.2) is 0 Å². The molecule has 0 unspecified atom stereocenters. The average molecular weight is 392 g/mol. The van der Waals surface area contributed by atoms with E-state index >= 15 is 0 Å². The van der Waals surface area contributed by atoms with Gasteiger partial charge in [0.25, 0.3) is 0 Å². The standard InChI is InChI=1S/C15H24N2O6S2/c1-5-17(6-2)25(22,23)13-9-7-8-12(10-13)24(20,21)16-14(11(3)4)15(18)19/h7-11,14,16H,5-6H2,1-4H3,(H,18,19)/t14-/m1/s1. The Labute approximate surface area is 149 Å². The van der Waals surface area contributed by atoms with Crippen LogP contribution in [0.25, 0.3) is 0 Å². The molecule has 8 nitrogen and oxygen atoms in total. The summed E-state index contributed by atoms with van der Waals surface area (Å²) in [6.07, 6.45) is 0. The van der Waals surface area contributed by atoms with E-state index in [0.717, 1.165) is 6.07 Å². The Hall–Kier alpha value is -1.49. The van der Waals surface area contributed by atoms with Gasteiger partial charge in [-0.05, 0) is 24.1 Å². The fourth-order valence-corrected chi connectivity index (χ4v) is 5.18. The van der Waals surface area contributed by atoms with Crippen LogP contribution in [-0.4, -0.2) is 51.3 Å². The van der Waals surface area contributed by atoms with Gasteiger partial charge in [0.1, 0.15) is 6.04 Å². The Balaban J connectivity index is 3.30. The van der Waals surface area contributed by atoms with E-state index in [4.69, 9.17) is 5.11 Å². The predicted molar refractivity (Wildman–Crippen MR) is 93.1 cm³/mol. The molecule has 1 rings (SSSR count). The maximum Gasteiger partial charge on any atom is 0.322 e. The molecule has 0 bridgehead atoms. The number of hydrogen-bond acceptors (Lipinski definition) is 5. The highest BCUT2D eigenvalue weighted by molar-refractivity contribution is 7.90. The number of carboxylic acid groups (broad SMARTS) is 1. The first-order chi connectivity index (χ1) is 11.5. The van der Waals surface area contributed by atoms with Gasteiger partial charge in [-0.2, -0.15) is 9.03 Å². The van der Waals surface area contributed by atoms with Gasteiger partial charge >= 0.3 is 5.97 Å². The molecular formula is C15H24N2O6S2. The van der Waals surface area contributed by atoms with Crippen molar-refractivity contribution in [2.45, 2.75) is 43.5 Å². The van der Waals surface area contributed by atoms with E-state index in [1.165, 1.54) is 22.5 Å². The second-order valence-electron chi connectivity index (χ2n) is 5.75. The van der Waals surface area contributed by atoms with E-state index in [0.29, 0.717) is 0 Å². The van der Waals surface area contributed by atoms with Crippen molar-refractivity contribution in [2.75, 3.05) is 13.1 Å². The largest absolute Gasteiger partial charge is 0.480 e. The summed E-state index contributed by atoms with van der Waals surface area (Å²) in [4.78, 5) is 10.8. The molecule has 142 valence electrons. The number of rotatable bonds is 9. The Morgan fingerprint density at radius 3 is 2.08 bits per heavy atom. The van der Waals surface area contributed by atoms with E-state index in [-0.39, 0.29) is 22.9 Å². The molecule has 25 heavy (non-hydrogen) atoms. The third-order valence-electron chi connectivity index (χ3n) is 3.67. The molecule has 1 atom stereocenters. The van der Waals surface area contributed by atoms with Crippen molar-refractivity contribution in [2.24, 2.45) is 5.92 Å². The maximum absolute atomic E-state index is 12.5. The molecule has 1 aromatic rings. The van der Waals surface area contributed by atoms with Gasteiger partial charge in [0.2, 0.25) is 20.0 Å². The van der Waals surface area contributed by atoms with Crippen molar-refractivity contribution in [3.63, 3.8) is 0 Å². The van der Waals surface area contributed by atoms with Crippen molar-refractivity contribution < 1.29 is 26.7 Å². The van der Waals surface area contributed by atoms with Crippen LogP contribution in [0.15, 0.2) is 34.1 Å². The van der Waals surface area contributed by atoms with Crippen LogP contribution in [0, 0.1) is 5.92 Å². The normalized spacial score (nSPS) is 14.0. The molecule has 0 saturated carbocycles. The summed E-state index contributed by atoms with van der Waals surface area (Å²) >= 11 is 0. The zero-order valence-corrected chi connectivity index (χ0v) is 16.3. The Bertz CT molecular complexity index is 814. The number of hydrogen-bond donors (Lipinski definition) is 2. The molecule has 0 fully saturated rings. The predicted octanol–water partition coefficient (Wildman–Crippen LogP) is 1.10. The molecule has 0 aromatic heterocycles. The van der Waals surface area contributed by atoms with Gasteiger partial charge in [0, 0.05) is 13.1 Å². The number of sulfonamides is 2. The van der Waals surface area contributed by atoms with Gasteiger partial charge in [0.05, 0.1) is 9.79 Å². The van der Waals surface area contributed by atoms with Crippen LogP contribution in [0.1, 0.15) is 27.7 Å². The smallest absolute Gasteiger partial charge is 0.322 e. The second kappa shape index (κ2) is 8.26. The lowest BCUT2D eigenvalue weighted by Gasteiger charge is -2.20. The topological polar surface area (TPSA) is 121 Å². The molecule has 0 radical (unpaired) electrons. The minimum absolute atomic E-state index is 0.157. The number of carbonyl (C=O) groups is 1. The van der Waals surface area contributed by atoms with Gasteiger partial charge in [-0.25, -0.2) is 16.8 Å². The van der Waals surface area contributed by atoms with Crippen LogP contribution < -0.4 is 4.72 Å². The van der Waals surface area contributed by atoms with Crippen LogP contribution in [-0.2, 0) is 24.8 Å². The molecule has 0 saturated heterocycles. The van der Waals surface area contributed by atoms with Crippen molar-refractivity contribution in [3.05, 3.63) is 24.3 Å². The fraction of sp³-hybridized carbons (Fsp3) is 0.533. The van der Waals surface area contributed by atoms with E-state index in [9.17, 15) is 21.6 Å². The lowest BCUT2D eigenvalue weighted by atomic mass is 10.1. The fourth-order valence-electron chi connectivity index (χ4n) is 2.22. The lowest BCUT2D eigenvalue weighted by molar-refractivity contribution is -0.140. The van der Waals surface area contributed by atoms with Gasteiger partial charge in [-0.3, -0.25) is 4.79 Å². The van der Waals surface area contributed by atoms with E-state index in [2.05, 4.69) is 4.72 Å². The molecule has 0 heterocycles. The van der Waals surface area contributed by atoms with Crippen LogP contribution in [0.2, 0.25) is 0 Å². The van der Waals surface area contributed by atoms with Gasteiger partial charge in [-0.1, -0.05) is 33.8 Å². The highest BCUT2D eigenvalue weighted by Gasteiger charge is 2.29. The number of carboxylic acids is 1. The van der Waals surface area contributed by atoms with Crippen LogP contribution in [0.4, 0.5) is 0 Å². The van der Waals surface area contributed by atoms with E-state index in [1.807, 2.05) is 0 Å². The summed E-state index contributed by atoms with van der Waals surface area (Å²) in [5.41, 5.74) is 0. The molecule has 0 amide bonds. The van der Waals surface area contributed by atoms with Crippen molar-refractivity contribution in [3.8, 4) is 0 Å². The Kier molecular flexibility index (Phi) is 7.12. The zero-order chi connectivity index (χ0) is 19.4. The van der Waals surface area contributed by atoms with Crippen molar-refractivity contribution in [1.29, 1.82) is 0 Å². The van der Waals surface area contributed by atoms with Crippen molar-refractivity contribution >= 4 is 26.0 Å². The summed E-state index contributed by atoms with van der Waals surface area (Å²) in [7, 11) is -8.01. The number of benzene rings is 1. The molecular weight excluding hydrogens is 368 g/mol. The highest BCUT2D eigenvalue weighted by Crippen LogP contribution is 2.20. The molecule has 1 aromatic carbocycles. The summed E-state index contributed by atoms with van der Waals surface area (Å²) in [6, 6.07) is 3.57. The number of nitrogens with zero attached hydrogens (tertiary/aromatic N) is 1. The Morgan fingerprint density at radius 1 is 1.12 bits per heavy atom. The maximum atomic E-state index is 12.5. The summed E-state index contributed by atoms with van der Waals surface area (Å²) in [5.74, 6) is -1.78. The molecule has 10 heteroatoms. The highest BCUT2D eigenvalue weighted by atomic mass is 32.2. The molecule has 0 spiro atoms. The SMILES string of the molecule is CCN(CC)S(=O)(=O)c1cccc(S(=O)(=O)N[C@@H](C(=O)O)C(C)C)c1. The first-order valence-corrected chi connectivity index (χ1v) is 10.7. The van der Waals surface area contributed by atoms with E-state index < -0.39 is 38.0 Å². The summed E-state index contributed by atoms with van der Waals surface area (Å²) < 4.78 is 53.3. The quantitative estimate of drug-likeness (QED) is 0.649. The van der Waals surface area contributed by atoms with Gasteiger partial charge < -0.3 is 5.11 Å². The van der Waals surface area contributed by atoms with E-state index in [1.54, 1.807) is 27.7 Å². The number of nitrogens with one attached hydrogen (secondary N) is 1. The zero-order valence-electron chi connectivity index (χ0n) is 14.6. The second-order valence-corrected chi connectivity index (χ2v) is 9.40. The van der Waals surface area contributed by atoms with Crippen molar-refractivity contribution in [1.82, 2.24) is 9.03 Å². The monoisotopic (exact) mass is 392 g/mol. The number of aliphatic carboxylic acids is 1. The molecule has 0 aliphatic heterocycles. The summed E-state index contributed by atoms with van der Waals surface area (Å²) in [6.45, 7) is 7.02. The first kappa shape index (κ1) is 21.6. The van der Waals surface area contributed by atoms with Gasteiger partial charge in [-0.15, -0.1) is 0 Å². The van der Waals surface area contributed by atoms with Crippen LogP contribution in [0.3, 0.4) is 0 Å². The minimum Gasteiger partial charge on any atom is -0.480 e. The molecule has 0 aliphatic rings.